The van der Waals surface area contributed by atoms with E-state index in [2.05, 4.69) is 41.9 Å². The van der Waals surface area contributed by atoms with Gasteiger partial charge >= 0.3 is 0 Å². The first kappa shape index (κ1) is 23.4. The molecule has 0 saturated heterocycles. The molecular weight excluding hydrogens is 376 g/mol. The lowest BCUT2D eigenvalue weighted by Gasteiger charge is -2.13. The van der Waals surface area contributed by atoms with Crippen LogP contribution in [-0.2, 0) is 24.3 Å². The van der Waals surface area contributed by atoms with E-state index in [1.807, 2.05) is 36.4 Å². The summed E-state index contributed by atoms with van der Waals surface area (Å²) in [5.74, 6) is 0.713. The van der Waals surface area contributed by atoms with E-state index < -0.39 is 0 Å². The van der Waals surface area contributed by atoms with Gasteiger partial charge < -0.3 is 20.7 Å². The molecule has 6 heteroatoms. The van der Waals surface area contributed by atoms with Gasteiger partial charge in [0.1, 0.15) is 0 Å². The first-order valence-electron chi connectivity index (χ1n) is 10.7. The molecule has 0 bridgehead atoms. The van der Waals surface area contributed by atoms with Crippen LogP contribution in [0.1, 0.15) is 47.3 Å². The lowest BCUT2D eigenvalue weighted by atomic mass is 10.1. The Labute approximate surface area is 180 Å². The van der Waals surface area contributed by atoms with Crippen LogP contribution in [0.25, 0.3) is 0 Å². The molecule has 30 heavy (non-hydrogen) atoms. The van der Waals surface area contributed by atoms with Gasteiger partial charge in [-0.25, -0.2) is 4.99 Å². The summed E-state index contributed by atoms with van der Waals surface area (Å²) in [5.41, 5.74) is 4.14. The third-order valence-electron chi connectivity index (χ3n) is 4.60. The Hall–Kier alpha value is -2.86. The second kappa shape index (κ2) is 13.4. The third kappa shape index (κ3) is 7.87. The summed E-state index contributed by atoms with van der Waals surface area (Å²) in [6, 6.07) is 16.0. The predicted octanol–water partition coefficient (Wildman–Crippen LogP) is 3.27. The Balaban J connectivity index is 1.95. The maximum atomic E-state index is 11.8. The SMILES string of the molecule is CCCOCc1ccccc1CN=C(NCC)NCCc1cccc(C(=O)NC)c1. The van der Waals surface area contributed by atoms with Crippen molar-refractivity contribution in [2.75, 3.05) is 26.7 Å². The summed E-state index contributed by atoms with van der Waals surface area (Å²) in [6.45, 7) is 7.65. The van der Waals surface area contributed by atoms with Crippen molar-refractivity contribution in [1.82, 2.24) is 16.0 Å². The van der Waals surface area contributed by atoms with Crippen molar-refractivity contribution in [3.63, 3.8) is 0 Å². The van der Waals surface area contributed by atoms with Crippen molar-refractivity contribution in [2.45, 2.75) is 39.8 Å². The molecule has 2 aromatic carbocycles. The molecule has 0 aliphatic rings. The number of guanidine groups is 1. The lowest BCUT2D eigenvalue weighted by molar-refractivity contribution is 0.0963. The van der Waals surface area contributed by atoms with Crippen LogP contribution in [0.4, 0.5) is 0 Å². The van der Waals surface area contributed by atoms with E-state index >= 15 is 0 Å². The van der Waals surface area contributed by atoms with Crippen LogP contribution in [0.3, 0.4) is 0 Å². The van der Waals surface area contributed by atoms with Crippen molar-refractivity contribution in [3.05, 3.63) is 70.8 Å². The van der Waals surface area contributed by atoms with E-state index in [1.54, 1.807) is 7.05 Å². The normalized spacial score (nSPS) is 11.2. The number of ether oxygens (including phenoxy) is 1. The first-order valence-corrected chi connectivity index (χ1v) is 10.7. The third-order valence-corrected chi connectivity index (χ3v) is 4.60. The number of nitrogens with one attached hydrogen (secondary N) is 3. The Morgan fingerprint density at radius 1 is 1.03 bits per heavy atom. The molecule has 0 aliphatic carbocycles. The molecule has 0 aromatic heterocycles. The van der Waals surface area contributed by atoms with Gasteiger partial charge in [0.15, 0.2) is 5.96 Å². The number of aliphatic imine (C=N–C) groups is 1. The number of hydrogen-bond donors (Lipinski definition) is 3. The standard InChI is InChI=1S/C24H34N4O2/c1-4-15-30-18-22-11-7-6-10-21(22)17-28-24(26-5-2)27-14-13-19-9-8-12-20(16-19)23(29)25-3/h6-12,16H,4-5,13-15,17-18H2,1-3H3,(H,25,29)(H2,26,27,28). The Morgan fingerprint density at radius 3 is 2.57 bits per heavy atom. The van der Waals surface area contributed by atoms with Crippen LogP contribution in [0.2, 0.25) is 0 Å². The molecule has 0 atom stereocenters. The summed E-state index contributed by atoms with van der Waals surface area (Å²) in [6.07, 6.45) is 1.82. The Kier molecular flexibility index (Phi) is 10.4. The summed E-state index contributed by atoms with van der Waals surface area (Å²) < 4.78 is 5.70. The molecule has 2 rings (SSSR count). The number of hydrogen-bond acceptors (Lipinski definition) is 3. The van der Waals surface area contributed by atoms with E-state index in [0.717, 1.165) is 44.1 Å². The fourth-order valence-electron chi connectivity index (χ4n) is 3.02. The van der Waals surface area contributed by atoms with E-state index in [-0.39, 0.29) is 5.91 Å². The van der Waals surface area contributed by atoms with Gasteiger partial charge in [-0.2, -0.15) is 0 Å². The highest BCUT2D eigenvalue weighted by atomic mass is 16.5. The van der Waals surface area contributed by atoms with Gasteiger partial charge in [-0.05, 0) is 48.6 Å². The smallest absolute Gasteiger partial charge is 0.251 e. The minimum absolute atomic E-state index is 0.0682. The molecule has 0 heterocycles. The highest BCUT2D eigenvalue weighted by Crippen LogP contribution is 2.12. The average molecular weight is 411 g/mol. The van der Waals surface area contributed by atoms with Crippen LogP contribution in [0.5, 0.6) is 0 Å². The maximum Gasteiger partial charge on any atom is 0.251 e. The van der Waals surface area contributed by atoms with Crippen LogP contribution >= 0.6 is 0 Å². The maximum absolute atomic E-state index is 11.8. The van der Waals surface area contributed by atoms with Crippen molar-refractivity contribution < 1.29 is 9.53 Å². The van der Waals surface area contributed by atoms with Crippen molar-refractivity contribution in [1.29, 1.82) is 0 Å². The van der Waals surface area contributed by atoms with Gasteiger partial charge in [0, 0.05) is 32.3 Å². The number of carbonyl (C=O) groups is 1. The largest absolute Gasteiger partial charge is 0.377 e. The molecule has 0 aliphatic heterocycles. The zero-order chi connectivity index (χ0) is 21.6. The van der Waals surface area contributed by atoms with Crippen molar-refractivity contribution in [2.24, 2.45) is 4.99 Å². The van der Waals surface area contributed by atoms with Crippen LogP contribution in [0.15, 0.2) is 53.5 Å². The average Bonchev–Trinajstić information content (AvgIpc) is 2.78. The summed E-state index contributed by atoms with van der Waals surface area (Å²) >= 11 is 0. The molecule has 6 nitrogen and oxygen atoms in total. The zero-order valence-corrected chi connectivity index (χ0v) is 18.3. The predicted molar refractivity (Wildman–Crippen MR) is 123 cm³/mol. The van der Waals surface area contributed by atoms with E-state index in [1.165, 1.54) is 11.1 Å². The second-order valence-electron chi connectivity index (χ2n) is 6.97. The molecule has 0 saturated carbocycles. The van der Waals surface area contributed by atoms with Gasteiger partial charge in [-0.15, -0.1) is 0 Å². The number of rotatable bonds is 11. The first-order chi connectivity index (χ1) is 14.7. The molecule has 2 aromatic rings. The van der Waals surface area contributed by atoms with Gasteiger partial charge in [-0.3, -0.25) is 4.79 Å². The van der Waals surface area contributed by atoms with Gasteiger partial charge in [0.2, 0.25) is 0 Å². The Morgan fingerprint density at radius 2 is 1.83 bits per heavy atom. The summed E-state index contributed by atoms with van der Waals surface area (Å²) in [7, 11) is 1.64. The number of benzene rings is 2. The van der Waals surface area contributed by atoms with Crippen LogP contribution < -0.4 is 16.0 Å². The number of carbonyl (C=O) groups excluding carboxylic acids is 1. The van der Waals surface area contributed by atoms with Gasteiger partial charge in [0.05, 0.1) is 13.2 Å². The second-order valence-corrected chi connectivity index (χ2v) is 6.97. The topological polar surface area (TPSA) is 74.8 Å². The summed E-state index contributed by atoms with van der Waals surface area (Å²) in [5, 5.41) is 9.33. The molecule has 162 valence electrons. The zero-order valence-electron chi connectivity index (χ0n) is 18.3. The molecule has 3 N–H and O–H groups in total. The van der Waals surface area contributed by atoms with E-state index in [0.29, 0.717) is 18.7 Å². The Bertz CT molecular complexity index is 820. The number of nitrogens with zero attached hydrogens (tertiary/aromatic N) is 1. The molecular formula is C24H34N4O2. The molecule has 1 amide bonds. The van der Waals surface area contributed by atoms with Crippen molar-refractivity contribution >= 4 is 11.9 Å². The van der Waals surface area contributed by atoms with Gasteiger partial charge in [-0.1, -0.05) is 43.3 Å². The minimum atomic E-state index is -0.0682. The summed E-state index contributed by atoms with van der Waals surface area (Å²) in [4.78, 5) is 16.5. The molecule has 0 unspecified atom stereocenters. The van der Waals surface area contributed by atoms with Crippen molar-refractivity contribution in [3.8, 4) is 0 Å². The molecule has 0 radical (unpaired) electrons. The number of amides is 1. The highest BCUT2D eigenvalue weighted by Gasteiger charge is 2.05. The van der Waals surface area contributed by atoms with Crippen LogP contribution in [-0.4, -0.2) is 38.6 Å². The van der Waals surface area contributed by atoms with E-state index in [4.69, 9.17) is 9.73 Å². The highest BCUT2D eigenvalue weighted by molar-refractivity contribution is 5.94. The van der Waals surface area contributed by atoms with Gasteiger partial charge in [0.25, 0.3) is 5.91 Å². The minimum Gasteiger partial charge on any atom is -0.377 e. The van der Waals surface area contributed by atoms with E-state index in [9.17, 15) is 4.79 Å². The molecule has 0 spiro atoms. The fourth-order valence-corrected chi connectivity index (χ4v) is 3.02. The molecule has 0 fully saturated rings. The quantitative estimate of drug-likeness (QED) is 0.302. The van der Waals surface area contributed by atoms with Crippen LogP contribution in [0, 0.1) is 0 Å². The lowest BCUT2D eigenvalue weighted by Crippen LogP contribution is -2.38. The fraction of sp³-hybridized carbons (Fsp3) is 0.417. The monoisotopic (exact) mass is 410 g/mol.